The third-order valence-corrected chi connectivity index (χ3v) is 3.97. The van der Waals surface area contributed by atoms with Crippen LogP contribution in [0.1, 0.15) is 35.2 Å². The lowest BCUT2D eigenvalue weighted by Crippen LogP contribution is -2.33. The predicted molar refractivity (Wildman–Crippen MR) is 73.6 cm³/mol. The fourth-order valence-corrected chi connectivity index (χ4v) is 2.68. The van der Waals surface area contributed by atoms with Gasteiger partial charge in [0.15, 0.2) is 0 Å². The molecular weight excluding hydrogens is 258 g/mol. The molecule has 3 N–H and O–H groups in total. The molecule has 1 aliphatic rings. The Labute approximate surface area is 117 Å². The van der Waals surface area contributed by atoms with E-state index in [2.05, 4.69) is 5.32 Å². The van der Waals surface area contributed by atoms with E-state index in [-0.39, 0.29) is 23.5 Å². The highest BCUT2D eigenvalue weighted by atomic mass is 16.4. The lowest BCUT2D eigenvalue weighted by Gasteiger charge is -2.16. The van der Waals surface area contributed by atoms with Gasteiger partial charge >= 0.3 is 5.97 Å². The second-order valence-electron chi connectivity index (χ2n) is 5.35. The first kappa shape index (κ1) is 14.4. The van der Waals surface area contributed by atoms with Crippen LogP contribution in [0.3, 0.4) is 0 Å². The number of aliphatic carboxylic acids is 1. The highest BCUT2D eigenvalue weighted by Crippen LogP contribution is 2.31. The second kappa shape index (κ2) is 5.94. The van der Waals surface area contributed by atoms with E-state index >= 15 is 0 Å². The summed E-state index contributed by atoms with van der Waals surface area (Å²) in [6, 6.07) is 4.75. The monoisotopic (exact) mass is 277 g/mol. The van der Waals surface area contributed by atoms with E-state index in [9.17, 15) is 14.7 Å². The quantitative estimate of drug-likeness (QED) is 0.785. The van der Waals surface area contributed by atoms with Crippen molar-refractivity contribution in [3.05, 3.63) is 29.3 Å². The van der Waals surface area contributed by atoms with Gasteiger partial charge < -0.3 is 15.5 Å². The average Bonchev–Trinajstić information content (AvgIpc) is 2.87. The number of nitrogens with one attached hydrogen (secondary N) is 1. The summed E-state index contributed by atoms with van der Waals surface area (Å²) in [5.74, 6) is -1.34. The Morgan fingerprint density at radius 1 is 1.35 bits per heavy atom. The number of carbonyl (C=O) groups excluding carboxylic acids is 1. The molecule has 1 aromatic carbocycles. The molecule has 0 spiro atoms. The van der Waals surface area contributed by atoms with Crippen molar-refractivity contribution in [2.24, 2.45) is 11.8 Å². The van der Waals surface area contributed by atoms with E-state index in [0.29, 0.717) is 24.1 Å². The summed E-state index contributed by atoms with van der Waals surface area (Å²) in [6.45, 7) is 2.12. The molecule has 5 nitrogen and oxygen atoms in total. The molecule has 0 saturated heterocycles. The maximum atomic E-state index is 12.0. The number of carbonyl (C=O) groups is 2. The summed E-state index contributed by atoms with van der Waals surface area (Å²) in [7, 11) is 0. The smallest absolute Gasteiger partial charge is 0.306 e. The first-order valence-corrected chi connectivity index (χ1v) is 6.79. The molecule has 108 valence electrons. The van der Waals surface area contributed by atoms with Crippen molar-refractivity contribution >= 4 is 11.9 Å². The third kappa shape index (κ3) is 3.10. The summed E-state index contributed by atoms with van der Waals surface area (Å²) in [5.41, 5.74) is 1.10. The second-order valence-corrected chi connectivity index (χ2v) is 5.35. The molecule has 2 atom stereocenters. The topological polar surface area (TPSA) is 86.6 Å². The largest absolute Gasteiger partial charge is 0.508 e. The van der Waals surface area contributed by atoms with Gasteiger partial charge in [0, 0.05) is 12.1 Å². The molecule has 0 radical (unpaired) electrons. The molecule has 0 aromatic heterocycles. The van der Waals surface area contributed by atoms with E-state index < -0.39 is 5.97 Å². The van der Waals surface area contributed by atoms with Crippen LogP contribution in [-0.2, 0) is 4.79 Å². The Balaban J connectivity index is 1.95. The van der Waals surface area contributed by atoms with E-state index in [1.165, 1.54) is 6.07 Å². The van der Waals surface area contributed by atoms with Crippen LogP contribution in [0, 0.1) is 18.8 Å². The molecule has 0 heterocycles. The molecule has 5 heteroatoms. The number of hydrogen-bond acceptors (Lipinski definition) is 3. The molecule has 20 heavy (non-hydrogen) atoms. The number of rotatable bonds is 4. The lowest BCUT2D eigenvalue weighted by atomic mass is 9.96. The van der Waals surface area contributed by atoms with Crippen LogP contribution in [-0.4, -0.2) is 28.6 Å². The molecule has 1 aromatic rings. The molecule has 2 rings (SSSR count). The molecule has 0 bridgehead atoms. The summed E-state index contributed by atoms with van der Waals surface area (Å²) in [5, 5.41) is 21.4. The van der Waals surface area contributed by atoms with Gasteiger partial charge in [0.2, 0.25) is 0 Å². The minimum Gasteiger partial charge on any atom is -0.508 e. The highest BCUT2D eigenvalue weighted by Gasteiger charge is 2.32. The number of aromatic hydroxyl groups is 1. The molecule has 2 unspecified atom stereocenters. The van der Waals surface area contributed by atoms with Crippen LogP contribution in [0.5, 0.6) is 5.75 Å². The summed E-state index contributed by atoms with van der Waals surface area (Å²) >= 11 is 0. The molecule has 1 fully saturated rings. The first-order chi connectivity index (χ1) is 9.49. The average molecular weight is 277 g/mol. The Hall–Kier alpha value is -2.04. The van der Waals surface area contributed by atoms with Crippen LogP contribution in [0.2, 0.25) is 0 Å². The lowest BCUT2D eigenvalue weighted by molar-refractivity contribution is -0.142. The van der Waals surface area contributed by atoms with Crippen molar-refractivity contribution in [2.75, 3.05) is 6.54 Å². The maximum absolute atomic E-state index is 12.0. The van der Waals surface area contributed by atoms with E-state index in [4.69, 9.17) is 5.11 Å². The fourth-order valence-electron chi connectivity index (χ4n) is 2.68. The Bertz CT molecular complexity index is 527. The van der Waals surface area contributed by atoms with Crippen molar-refractivity contribution in [1.29, 1.82) is 0 Å². The number of amides is 1. The molecular formula is C15H19NO4. The van der Waals surface area contributed by atoms with E-state index in [1.54, 1.807) is 19.1 Å². The van der Waals surface area contributed by atoms with E-state index in [0.717, 1.165) is 12.8 Å². The molecule has 1 amide bonds. The highest BCUT2D eigenvalue weighted by molar-refractivity contribution is 5.94. The van der Waals surface area contributed by atoms with Crippen LogP contribution in [0.4, 0.5) is 0 Å². The number of phenols is 1. The van der Waals surface area contributed by atoms with Crippen LogP contribution in [0.15, 0.2) is 18.2 Å². The zero-order valence-corrected chi connectivity index (χ0v) is 11.4. The normalized spacial score (nSPS) is 21.6. The van der Waals surface area contributed by atoms with Gasteiger partial charge in [0.25, 0.3) is 5.91 Å². The molecule has 1 aliphatic carbocycles. The Morgan fingerprint density at radius 2 is 2.10 bits per heavy atom. The number of carboxylic acids is 1. The number of hydrogen-bond donors (Lipinski definition) is 3. The SMILES string of the molecule is Cc1ccc(C(=O)NCC2CCCC2C(=O)O)cc1O. The maximum Gasteiger partial charge on any atom is 0.306 e. The van der Waals surface area contributed by atoms with Crippen LogP contribution < -0.4 is 5.32 Å². The number of phenolic OH excluding ortho intramolecular Hbond substituents is 1. The number of carboxylic acid groups (broad SMARTS) is 1. The predicted octanol–water partition coefficient (Wildman–Crippen LogP) is 1.93. The van der Waals surface area contributed by atoms with Crippen LogP contribution >= 0.6 is 0 Å². The van der Waals surface area contributed by atoms with Gasteiger partial charge in [0.05, 0.1) is 5.92 Å². The van der Waals surface area contributed by atoms with Crippen molar-refractivity contribution in [1.82, 2.24) is 5.32 Å². The van der Waals surface area contributed by atoms with Gasteiger partial charge in [-0.3, -0.25) is 9.59 Å². The Kier molecular flexibility index (Phi) is 4.27. The zero-order valence-electron chi connectivity index (χ0n) is 11.4. The number of benzene rings is 1. The van der Waals surface area contributed by atoms with Crippen LogP contribution in [0.25, 0.3) is 0 Å². The van der Waals surface area contributed by atoms with Gasteiger partial charge in [-0.25, -0.2) is 0 Å². The number of aryl methyl sites for hydroxylation is 1. The van der Waals surface area contributed by atoms with Gasteiger partial charge in [-0.2, -0.15) is 0 Å². The van der Waals surface area contributed by atoms with Gasteiger partial charge in [-0.1, -0.05) is 12.5 Å². The summed E-state index contributed by atoms with van der Waals surface area (Å²) < 4.78 is 0. The Morgan fingerprint density at radius 3 is 2.75 bits per heavy atom. The molecule has 1 saturated carbocycles. The van der Waals surface area contributed by atoms with Gasteiger partial charge in [-0.05, 0) is 43.4 Å². The zero-order chi connectivity index (χ0) is 14.7. The van der Waals surface area contributed by atoms with Crippen molar-refractivity contribution in [3.63, 3.8) is 0 Å². The minimum absolute atomic E-state index is 0.00417. The van der Waals surface area contributed by atoms with Crippen molar-refractivity contribution in [2.45, 2.75) is 26.2 Å². The van der Waals surface area contributed by atoms with Gasteiger partial charge in [-0.15, -0.1) is 0 Å². The minimum atomic E-state index is -0.783. The summed E-state index contributed by atoms with van der Waals surface area (Å²) in [6.07, 6.45) is 2.40. The standard InChI is InChI=1S/C15H19NO4/c1-9-5-6-10(7-13(9)17)14(18)16-8-11-3-2-4-12(11)15(19)20/h5-7,11-12,17H,2-4,8H2,1H3,(H,16,18)(H,19,20). The molecule has 0 aliphatic heterocycles. The van der Waals surface area contributed by atoms with Crippen molar-refractivity contribution in [3.8, 4) is 5.75 Å². The summed E-state index contributed by atoms with van der Waals surface area (Å²) in [4.78, 5) is 23.0. The van der Waals surface area contributed by atoms with Gasteiger partial charge in [0.1, 0.15) is 5.75 Å². The first-order valence-electron chi connectivity index (χ1n) is 6.79. The van der Waals surface area contributed by atoms with E-state index in [1.807, 2.05) is 0 Å². The fraction of sp³-hybridized carbons (Fsp3) is 0.467. The van der Waals surface area contributed by atoms with Crippen molar-refractivity contribution < 1.29 is 19.8 Å². The third-order valence-electron chi connectivity index (χ3n) is 3.97.